The van der Waals surface area contributed by atoms with Crippen LogP contribution in [0.15, 0.2) is 42.9 Å². The fraction of sp³-hybridized carbons (Fsp3) is 0.190. The first-order valence-electron chi connectivity index (χ1n) is 9.30. The van der Waals surface area contributed by atoms with E-state index in [1.54, 1.807) is 18.3 Å². The van der Waals surface area contributed by atoms with Crippen LogP contribution in [0.4, 0.5) is 15.9 Å². The summed E-state index contributed by atoms with van der Waals surface area (Å²) in [6, 6.07) is 6.02. The van der Waals surface area contributed by atoms with Gasteiger partial charge in [-0.3, -0.25) is 10.4 Å². The van der Waals surface area contributed by atoms with Crippen molar-refractivity contribution in [2.45, 2.75) is 13.0 Å². The van der Waals surface area contributed by atoms with Gasteiger partial charge >= 0.3 is 0 Å². The number of hydrogen-bond donors (Lipinski definition) is 4. The number of halogens is 3. The molecule has 0 spiro atoms. The number of thiol groups is 1. The Labute approximate surface area is 194 Å². The molecule has 0 radical (unpaired) electrons. The molecule has 0 bridgehead atoms. The van der Waals surface area contributed by atoms with E-state index in [9.17, 15) is 4.39 Å². The van der Waals surface area contributed by atoms with E-state index in [0.717, 1.165) is 24.8 Å². The van der Waals surface area contributed by atoms with Gasteiger partial charge in [0.15, 0.2) is 11.6 Å². The monoisotopic (exact) mass is 479 g/mol. The lowest BCUT2D eigenvalue weighted by Gasteiger charge is -2.14. The molecule has 0 saturated heterocycles. The Kier molecular flexibility index (Phi) is 7.95. The van der Waals surface area contributed by atoms with Crippen LogP contribution in [0.1, 0.15) is 23.1 Å². The van der Waals surface area contributed by atoms with Gasteiger partial charge in [-0.1, -0.05) is 23.2 Å². The number of benzene rings is 1. The molecule has 0 aliphatic heterocycles. The third-order valence-corrected chi connectivity index (χ3v) is 5.36. The second kappa shape index (κ2) is 10.7. The minimum atomic E-state index is -0.655. The Hall–Kier alpha value is -2.55. The number of nitrogens with two attached hydrogens (primary N) is 1. The van der Waals surface area contributed by atoms with Gasteiger partial charge in [-0.05, 0) is 30.4 Å². The Balaban J connectivity index is 1.79. The van der Waals surface area contributed by atoms with Crippen LogP contribution in [-0.4, -0.2) is 28.0 Å². The lowest BCUT2D eigenvalue weighted by Crippen LogP contribution is -2.09. The number of nitrogens with zero attached hydrogens (tertiary/aromatic N) is 2. The molecule has 2 aromatic heterocycles. The van der Waals surface area contributed by atoms with Crippen molar-refractivity contribution in [1.29, 1.82) is 5.41 Å². The van der Waals surface area contributed by atoms with Gasteiger partial charge in [-0.15, -0.1) is 0 Å². The fourth-order valence-electron chi connectivity index (χ4n) is 2.72. The van der Waals surface area contributed by atoms with E-state index in [-0.39, 0.29) is 23.8 Å². The summed E-state index contributed by atoms with van der Waals surface area (Å²) < 4.78 is 20.0. The van der Waals surface area contributed by atoms with Crippen LogP contribution in [0.5, 0.6) is 5.75 Å². The number of ether oxygens (including phenoxy) is 1. The van der Waals surface area contributed by atoms with E-state index in [4.69, 9.17) is 39.1 Å². The zero-order valence-electron chi connectivity index (χ0n) is 16.3. The number of anilines is 2. The quantitative estimate of drug-likeness (QED) is 0.146. The van der Waals surface area contributed by atoms with Crippen molar-refractivity contribution in [2.75, 3.05) is 23.3 Å². The highest BCUT2D eigenvalue weighted by Gasteiger charge is 2.16. The number of aromatic nitrogens is 2. The minimum absolute atomic E-state index is 0.0675. The molecule has 3 rings (SSSR count). The number of rotatable bonds is 9. The van der Waals surface area contributed by atoms with E-state index < -0.39 is 5.82 Å². The van der Waals surface area contributed by atoms with Crippen molar-refractivity contribution < 1.29 is 9.13 Å². The van der Waals surface area contributed by atoms with Crippen molar-refractivity contribution in [2.24, 2.45) is 0 Å². The molecule has 0 aliphatic carbocycles. The maximum absolute atomic E-state index is 14.4. The van der Waals surface area contributed by atoms with Crippen molar-refractivity contribution in [3.63, 3.8) is 0 Å². The number of pyridine rings is 2. The molecule has 3 aromatic rings. The zero-order valence-corrected chi connectivity index (χ0v) is 18.7. The molecule has 0 aliphatic rings. The maximum atomic E-state index is 14.4. The second-order valence-corrected chi connectivity index (χ2v) is 7.81. The summed E-state index contributed by atoms with van der Waals surface area (Å²) in [5.41, 5.74) is 7.51. The molecule has 0 unspecified atom stereocenters. The zero-order chi connectivity index (χ0) is 22.4. The Bertz CT molecular complexity index is 1060. The minimum Gasteiger partial charge on any atom is -0.486 e. The van der Waals surface area contributed by atoms with Gasteiger partial charge in [-0.25, -0.2) is 9.37 Å². The van der Waals surface area contributed by atoms with Crippen LogP contribution in [0.2, 0.25) is 10.0 Å². The molecular formula is C21H20Cl2FN5OS. The number of nitrogens with one attached hydrogen (secondary N) is 2. The van der Waals surface area contributed by atoms with Gasteiger partial charge in [0, 0.05) is 53.6 Å². The molecule has 162 valence electrons. The molecular weight excluding hydrogens is 460 g/mol. The lowest BCUT2D eigenvalue weighted by molar-refractivity contribution is 0.290. The Morgan fingerprint density at radius 1 is 1.19 bits per heavy atom. The maximum Gasteiger partial charge on any atom is 0.167 e. The first-order chi connectivity index (χ1) is 14.9. The third kappa shape index (κ3) is 5.78. The van der Waals surface area contributed by atoms with Crippen LogP contribution in [0.25, 0.3) is 0 Å². The molecule has 6 nitrogen and oxygen atoms in total. The van der Waals surface area contributed by atoms with E-state index in [1.165, 1.54) is 18.5 Å². The van der Waals surface area contributed by atoms with Crippen LogP contribution in [0.3, 0.4) is 0 Å². The largest absolute Gasteiger partial charge is 0.486 e. The smallest absolute Gasteiger partial charge is 0.167 e. The molecule has 10 heteroatoms. The summed E-state index contributed by atoms with van der Waals surface area (Å²) in [4.78, 5) is 8.18. The lowest BCUT2D eigenvalue weighted by atomic mass is 10.0. The first kappa shape index (κ1) is 23.1. The Morgan fingerprint density at radius 3 is 2.58 bits per heavy atom. The summed E-state index contributed by atoms with van der Waals surface area (Å²) in [6.07, 6.45) is 5.32. The van der Waals surface area contributed by atoms with Crippen molar-refractivity contribution >= 4 is 53.0 Å². The van der Waals surface area contributed by atoms with Gasteiger partial charge in [0.25, 0.3) is 0 Å². The van der Waals surface area contributed by atoms with Gasteiger partial charge in [0.1, 0.15) is 12.4 Å². The summed E-state index contributed by atoms with van der Waals surface area (Å²) in [6.45, 7) is 0.687. The summed E-state index contributed by atoms with van der Waals surface area (Å²) in [7, 11) is 0. The highest BCUT2D eigenvalue weighted by atomic mass is 35.5. The van der Waals surface area contributed by atoms with Gasteiger partial charge in [-0.2, -0.15) is 12.6 Å². The number of hydrogen-bond acceptors (Lipinski definition) is 7. The molecule has 0 atom stereocenters. The Morgan fingerprint density at radius 2 is 1.94 bits per heavy atom. The highest BCUT2D eigenvalue weighted by Crippen LogP contribution is 2.29. The summed E-state index contributed by atoms with van der Waals surface area (Å²) in [5, 5.41) is 12.3. The summed E-state index contributed by atoms with van der Waals surface area (Å²) in [5.74, 6) is 0.748. The van der Waals surface area contributed by atoms with Crippen molar-refractivity contribution in [1.82, 2.24) is 9.97 Å². The molecule has 2 heterocycles. The van der Waals surface area contributed by atoms with E-state index in [1.807, 2.05) is 0 Å². The van der Waals surface area contributed by atoms with Crippen LogP contribution in [0, 0.1) is 11.2 Å². The highest BCUT2D eigenvalue weighted by molar-refractivity contribution is 7.80. The fourth-order valence-corrected chi connectivity index (χ4v) is 3.35. The van der Waals surface area contributed by atoms with Crippen LogP contribution in [-0.2, 0) is 6.61 Å². The van der Waals surface area contributed by atoms with E-state index >= 15 is 0 Å². The number of nitrogen functional groups attached to an aromatic ring is 1. The van der Waals surface area contributed by atoms with Gasteiger partial charge in [0.2, 0.25) is 0 Å². The molecule has 1 aromatic carbocycles. The predicted octanol–water partition coefficient (Wildman–Crippen LogP) is 5.23. The average Bonchev–Trinajstić information content (AvgIpc) is 2.75. The SMILES string of the molecule is N=C(c1ccc(NCCCS)nc1)c1cc(OCc2c(Cl)cncc2Cl)c(F)cc1N. The van der Waals surface area contributed by atoms with Crippen LogP contribution < -0.4 is 15.8 Å². The molecule has 0 fully saturated rings. The molecule has 0 saturated carbocycles. The summed E-state index contributed by atoms with van der Waals surface area (Å²) >= 11 is 16.3. The van der Waals surface area contributed by atoms with Crippen molar-refractivity contribution in [3.05, 3.63) is 75.4 Å². The average molecular weight is 480 g/mol. The van der Waals surface area contributed by atoms with E-state index in [0.29, 0.717) is 32.6 Å². The predicted molar refractivity (Wildman–Crippen MR) is 127 cm³/mol. The van der Waals surface area contributed by atoms with E-state index in [2.05, 4.69) is 27.9 Å². The third-order valence-electron chi connectivity index (χ3n) is 4.39. The molecule has 0 amide bonds. The standard InChI is InChI=1S/C21H20Cl2FN5OS/c22-15-9-27-10-16(23)14(15)11-30-19-6-13(18(25)7-17(19)24)21(26)12-2-3-20(29-8-12)28-4-1-5-31/h2-3,6-10,26,31H,1,4-5,11,25H2,(H,28,29). The van der Waals surface area contributed by atoms with Crippen molar-refractivity contribution in [3.8, 4) is 5.75 Å². The first-order valence-corrected chi connectivity index (χ1v) is 10.7. The van der Waals surface area contributed by atoms with Gasteiger partial charge in [0.05, 0.1) is 15.8 Å². The molecule has 4 N–H and O–H groups in total. The normalized spacial score (nSPS) is 10.7. The topological polar surface area (TPSA) is 96.9 Å². The van der Waals surface area contributed by atoms with Crippen LogP contribution >= 0.6 is 35.8 Å². The van der Waals surface area contributed by atoms with Gasteiger partial charge < -0.3 is 15.8 Å². The second-order valence-electron chi connectivity index (χ2n) is 6.55. The molecule has 31 heavy (non-hydrogen) atoms.